The van der Waals surface area contributed by atoms with Gasteiger partial charge in [-0.05, 0) is 32.2 Å². The predicted octanol–water partition coefficient (Wildman–Crippen LogP) is 2.30. The van der Waals surface area contributed by atoms with Crippen molar-refractivity contribution in [1.29, 1.82) is 0 Å². The van der Waals surface area contributed by atoms with E-state index in [0.29, 0.717) is 0 Å². The molecular weight excluding hydrogens is 214 g/mol. The lowest BCUT2D eigenvalue weighted by Gasteiger charge is -2.09. The Hall–Kier alpha value is -1.94. The highest BCUT2D eigenvalue weighted by molar-refractivity contribution is 5.34. The lowest BCUT2D eigenvalue weighted by atomic mass is 10.2. The first-order valence-electron chi connectivity index (χ1n) is 5.47. The van der Waals surface area contributed by atoms with Gasteiger partial charge in [0.1, 0.15) is 11.5 Å². The highest BCUT2D eigenvalue weighted by atomic mass is 16.5. The largest absolute Gasteiger partial charge is 0.455 e. The molecule has 0 aromatic carbocycles. The van der Waals surface area contributed by atoms with Gasteiger partial charge in [0.15, 0.2) is 0 Å². The second-order valence-corrected chi connectivity index (χ2v) is 3.75. The summed E-state index contributed by atoms with van der Waals surface area (Å²) in [6, 6.07) is 5.69. The van der Waals surface area contributed by atoms with E-state index in [-0.39, 0.29) is 0 Å². The lowest BCUT2D eigenvalue weighted by molar-refractivity contribution is 0.470. The summed E-state index contributed by atoms with van der Waals surface area (Å²) in [5.41, 5.74) is 2.00. The topological polar surface area (TPSA) is 47.0 Å². The zero-order valence-corrected chi connectivity index (χ0v) is 9.97. The average Bonchev–Trinajstić information content (AvgIpc) is 2.35. The molecule has 0 saturated heterocycles. The summed E-state index contributed by atoms with van der Waals surface area (Å²) >= 11 is 0. The first-order chi connectivity index (χ1) is 8.29. The molecule has 2 rings (SSSR count). The highest BCUT2D eigenvalue weighted by Gasteiger charge is 2.04. The zero-order valence-electron chi connectivity index (χ0n) is 9.97. The third-order valence-electron chi connectivity index (χ3n) is 2.34. The molecule has 0 aliphatic heterocycles. The van der Waals surface area contributed by atoms with Crippen LogP contribution >= 0.6 is 0 Å². The minimum Gasteiger partial charge on any atom is -0.455 e. The minimum absolute atomic E-state index is 0.725. The van der Waals surface area contributed by atoms with Gasteiger partial charge >= 0.3 is 0 Å². The van der Waals surface area contributed by atoms with Crippen molar-refractivity contribution in [2.24, 2.45) is 0 Å². The number of rotatable bonds is 4. The lowest BCUT2D eigenvalue weighted by Crippen LogP contribution is -2.06. The fourth-order valence-electron chi connectivity index (χ4n) is 1.48. The maximum Gasteiger partial charge on any atom is 0.145 e. The Morgan fingerprint density at radius 2 is 2.12 bits per heavy atom. The zero-order chi connectivity index (χ0) is 12.1. The van der Waals surface area contributed by atoms with Crippen molar-refractivity contribution in [2.45, 2.75) is 13.5 Å². The summed E-state index contributed by atoms with van der Waals surface area (Å²) < 4.78 is 5.77. The van der Waals surface area contributed by atoms with E-state index < -0.39 is 0 Å². The van der Waals surface area contributed by atoms with Gasteiger partial charge in [-0.25, -0.2) is 0 Å². The van der Waals surface area contributed by atoms with Gasteiger partial charge in [-0.2, -0.15) is 0 Å². The van der Waals surface area contributed by atoms with Crippen molar-refractivity contribution in [3.63, 3.8) is 0 Å². The van der Waals surface area contributed by atoms with Crippen LogP contribution in [0.15, 0.2) is 36.8 Å². The monoisotopic (exact) mass is 229 g/mol. The van der Waals surface area contributed by atoms with Crippen LogP contribution in [0.5, 0.6) is 11.5 Å². The molecule has 0 amide bonds. The molecule has 0 radical (unpaired) electrons. The highest BCUT2D eigenvalue weighted by Crippen LogP contribution is 2.23. The number of hydrogen-bond acceptors (Lipinski definition) is 4. The van der Waals surface area contributed by atoms with Crippen LogP contribution in [-0.2, 0) is 6.54 Å². The van der Waals surface area contributed by atoms with E-state index in [1.165, 1.54) is 0 Å². The van der Waals surface area contributed by atoms with E-state index in [2.05, 4.69) is 15.3 Å². The number of aryl methyl sites for hydroxylation is 1. The van der Waals surface area contributed by atoms with Crippen molar-refractivity contribution in [3.05, 3.63) is 48.0 Å². The molecule has 0 atom stereocenters. The van der Waals surface area contributed by atoms with Gasteiger partial charge in [0.25, 0.3) is 0 Å². The molecule has 0 aliphatic carbocycles. The second-order valence-electron chi connectivity index (χ2n) is 3.75. The van der Waals surface area contributed by atoms with Crippen molar-refractivity contribution in [1.82, 2.24) is 15.3 Å². The summed E-state index contributed by atoms with van der Waals surface area (Å²) in [5, 5.41) is 3.08. The van der Waals surface area contributed by atoms with E-state index in [9.17, 15) is 0 Å². The van der Waals surface area contributed by atoms with Crippen LogP contribution < -0.4 is 10.1 Å². The predicted molar refractivity (Wildman–Crippen MR) is 66.0 cm³/mol. The number of aromatic nitrogens is 2. The van der Waals surface area contributed by atoms with Gasteiger partial charge < -0.3 is 10.1 Å². The van der Waals surface area contributed by atoms with E-state index in [1.54, 1.807) is 18.6 Å². The molecule has 2 aromatic heterocycles. The van der Waals surface area contributed by atoms with E-state index in [1.807, 2.05) is 32.2 Å². The third-order valence-corrected chi connectivity index (χ3v) is 2.34. The van der Waals surface area contributed by atoms with E-state index >= 15 is 0 Å². The van der Waals surface area contributed by atoms with Gasteiger partial charge in [-0.3, -0.25) is 9.97 Å². The van der Waals surface area contributed by atoms with E-state index in [4.69, 9.17) is 4.74 Å². The molecule has 2 heterocycles. The molecule has 0 unspecified atom stereocenters. The maximum atomic E-state index is 5.77. The molecule has 0 aliphatic rings. The molecule has 0 fully saturated rings. The summed E-state index contributed by atoms with van der Waals surface area (Å²) in [6.07, 6.45) is 5.24. The van der Waals surface area contributed by atoms with Gasteiger partial charge in [-0.15, -0.1) is 0 Å². The van der Waals surface area contributed by atoms with Crippen LogP contribution in [0, 0.1) is 6.92 Å². The van der Waals surface area contributed by atoms with Gasteiger partial charge in [0.2, 0.25) is 0 Å². The molecule has 1 N–H and O–H groups in total. The number of hydrogen-bond donors (Lipinski definition) is 1. The Bertz CT molecular complexity index is 482. The number of ether oxygens (including phenoxy) is 1. The third kappa shape index (κ3) is 3.01. The molecule has 4 nitrogen and oxygen atoms in total. The Balaban J connectivity index is 2.20. The standard InChI is InChI=1S/C13H15N3O/c1-10-3-4-12(9-16-10)17-13-5-6-15-8-11(13)7-14-2/h3-6,8-9,14H,7H2,1-2H3. The smallest absolute Gasteiger partial charge is 0.145 e. The molecule has 88 valence electrons. The Morgan fingerprint density at radius 3 is 2.82 bits per heavy atom. The summed E-state index contributed by atoms with van der Waals surface area (Å²) in [5.74, 6) is 1.54. The van der Waals surface area contributed by atoms with Gasteiger partial charge in [0.05, 0.1) is 6.20 Å². The van der Waals surface area contributed by atoms with Crippen LogP contribution in [0.1, 0.15) is 11.3 Å². The van der Waals surface area contributed by atoms with Crippen LogP contribution in [0.3, 0.4) is 0 Å². The normalized spacial score (nSPS) is 10.2. The summed E-state index contributed by atoms with van der Waals surface area (Å²) in [7, 11) is 1.89. The van der Waals surface area contributed by atoms with Crippen molar-refractivity contribution in [3.8, 4) is 11.5 Å². The van der Waals surface area contributed by atoms with Gasteiger partial charge in [0, 0.05) is 30.2 Å². The average molecular weight is 229 g/mol. The Kier molecular flexibility index (Phi) is 3.67. The quantitative estimate of drug-likeness (QED) is 0.873. The van der Waals surface area contributed by atoms with Gasteiger partial charge in [-0.1, -0.05) is 0 Å². The van der Waals surface area contributed by atoms with Crippen molar-refractivity contribution < 1.29 is 4.74 Å². The van der Waals surface area contributed by atoms with Crippen molar-refractivity contribution in [2.75, 3.05) is 7.05 Å². The first-order valence-corrected chi connectivity index (χ1v) is 5.47. The molecule has 2 aromatic rings. The number of nitrogens with one attached hydrogen (secondary N) is 1. The molecule has 4 heteroatoms. The minimum atomic E-state index is 0.725. The molecule has 0 spiro atoms. The number of pyridine rings is 2. The number of nitrogens with zero attached hydrogens (tertiary/aromatic N) is 2. The molecular formula is C13H15N3O. The van der Waals surface area contributed by atoms with Crippen LogP contribution in [0.4, 0.5) is 0 Å². The summed E-state index contributed by atoms with van der Waals surface area (Å²) in [4.78, 5) is 8.28. The van der Waals surface area contributed by atoms with Crippen LogP contribution in [0.25, 0.3) is 0 Å². The molecule has 0 bridgehead atoms. The Morgan fingerprint density at radius 1 is 1.24 bits per heavy atom. The summed E-state index contributed by atoms with van der Waals surface area (Å²) in [6.45, 7) is 2.67. The fourth-order valence-corrected chi connectivity index (χ4v) is 1.48. The van der Waals surface area contributed by atoms with E-state index in [0.717, 1.165) is 29.3 Å². The Labute approximate surface area is 101 Å². The molecule has 17 heavy (non-hydrogen) atoms. The fraction of sp³-hybridized carbons (Fsp3) is 0.231. The first kappa shape index (κ1) is 11.5. The van der Waals surface area contributed by atoms with Crippen molar-refractivity contribution >= 4 is 0 Å². The van der Waals surface area contributed by atoms with Crippen LogP contribution in [0.2, 0.25) is 0 Å². The molecule has 0 saturated carbocycles. The maximum absolute atomic E-state index is 5.77. The second kappa shape index (κ2) is 5.41. The SMILES string of the molecule is CNCc1cnccc1Oc1ccc(C)nc1. The van der Waals surface area contributed by atoms with Crippen LogP contribution in [-0.4, -0.2) is 17.0 Å².